The van der Waals surface area contributed by atoms with Gasteiger partial charge in [-0.25, -0.2) is 0 Å². The molecular formula is C23H20N2O2. The van der Waals surface area contributed by atoms with Crippen LogP contribution in [-0.2, 0) is 16.0 Å². The number of amides is 2. The summed E-state index contributed by atoms with van der Waals surface area (Å²) in [6.07, 6.45) is 3.23. The van der Waals surface area contributed by atoms with Crippen LogP contribution < -0.4 is 11.1 Å². The Morgan fingerprint density at radius 3 is 2.07 bits per heavy atom. The smallest absolute Gasteiger partial charge is 0.241 e. The van der Waals surface area contributed by atoms with Crippen molar-refractivity contribution in [1.29, 1.82) is 0 Å². The minimum Gasteiger partial charge on any atom is -0.366 e. The van der Waals surface area contributed by atoms with Gasteiger partial charge in [-0.2, -0.15) is 0 Å². The van der Waals surface area contributed by atoms with Gasteiger partial charge in [0.05, 0.1) is 6.42 Å². The first-order valence-corrected chi connectivity index (χ1v) is 8.62. The summed E-state index contributed by atoms with van der Waals surface area (Å²) >= 11 is 0. The van der Waals surface area contributed by atoms with Gasteiger partial charge in [0.25, 0.3) is 0 Å². The lowest BCUT2D eigenvalue weighted by atomic mass is 10.0. The van der Waals surface area contributed by atoms with Gasteiger partial charge in [0, 0.05) is 11.8 Å². The van der Waals surface area contributed by atoms with Crippen LogP contribution in [0, 0.1) is 0 Å². The molecule has 0 bridgehead atoms. The number of primary amides is 1. The van der Waals surface area contributed by atoms with Crippen LogP contribution in [0.2, 0.25) is 0 Å². The number of hydrogen-bond donors (Lipinski definition) is 2. The summed E-state index contributed by atoms with van der Waals surface area (Å²) in [5, 5.41) is 2.87. The third kappa shape index (κ3) is 5.41. The SMILES string of the molecule is NC(=O)/C=C/c1ccc(NC(=O)Cc2ccc(-c3ccccc3)cc2)cc1. The molecule has 0 saturated carbocycles. The first-order chi connectivity index (χ1) is 13.1. The molecule has 0 aromatic heterocycles. The molecule has 27 heavy (non-hydrogen) atoms. The lowest BCUT2D eigenvalue weighted by Crippen LogP contribution is -2.14. The van der Waals surface area contributed by atoms with E-state index in [0.29, 0.717) is 12.1 Å². The molecular weight excluding hydrogens is 336 g/mol. The molecule has 0 atom stereocenters. The molecule has 4 nitrogen and oxygen atoms in total. The van der Waals surface area contributed by atoms with Crippen LogP contribution in [-0.4, -0.2) is 11.8 Å². The first-order valence-electron chi connectivity index (χ1n) is 8.62. The molecule has 4 heteroatoms. The van der Waals surface area contributed by atoms with Crippen LogP contribution in [0.4, 0.5) is 5.69 Å². The number of carbonyl (C=O) groups is 2. The van der Waals surface area contributed by atoms with Crippen LogP contribution in [0.1, 0.15) is 11.1 Å². The summed E-state index contributed by atoms with van der Waals surface area (Å²) in [7, 11) is 0. The average molecular weight is 356 g/mol. The van der Waals surface area contributed by atoms with E-state index in [2.05, 4.69) is 17.4 Å². The molecule has 0 radical (unpaired) electrons. The Kier molecular flexibility index (Phi) is 5.80. The molecule has 0 spiro atoms. The standard InChI is InChI=1S/C23H20N2O2/c24-22(26)15-10-17-8-13-21(14-9-17)25-23(27)16-18-6-11-20(12-7-18)19-4-2-1-3-5-19/h1-15H,16H2,(H2,24,26)(H,25,27)/b15-10+. The monoisotopic (exact) mass is 356 g/mol. The van der Waals surface area contributed by atoms with Gasteiger partial charge in [-0.15, -0.1) is 0 Å². The third-order valence-electron chi connectivity index (χ3n) is 4.06. The van der Waals surface area contributed by atoms with Gasteiger partial charge in [-0.3, -0.25) is 9.59 Å². The predicted molar refractivity (Wildman–Crippen MR) is 109 cm³/mol. The number of carbonyl (C=O) groups excluding carboxylic acids is 2. The molecule has 3 aromatic carbocycles. The second-order valence-electron chi connectivity index (χ2n) is 6.15. The maximum Gasteiger partial charge on any atom is 0.241 e. The molecule has 3 N–H and O–H groups in total. The summed E-state index contributed by atoms with van der Waals surface area (Å²) in [6, 6.07) is 25.3. The Morgan fingerprint density at radius 2 is 1.44 bits per heavy atom. The second kappa shape index (κ2) is 8.63. The number of nitrogens with one attached hydrogen (secondary N) is 1. The fraction of sp³-hybridized carbons (Fsp3) is 0.0435. The van der Waals surface area contributed by atoms with E-state index >= 15 is 0 Å². The fourth-order valence-electron chi connectivity index (χ4n) is 2.69. The van der Waals surface area contributed by atoms with Crippen molar-refractivity contribution in [2.45, 2.75) is 6.42 Å². The highest BCUT2D eigenvalue weighted by atomic mass is 16.1. The molecule has 134 valence electrons. The van der Waals surface area contributed by atoms with Crippen LogP contribution in [0.25, 0.3) is 17.2 Å². The van der Waals surface area contributed by atoms with E-state index < -0.39 is 5.91 Å². The number of rotatable bonds is 6. The summed E-state index contributed by atoms with van der Waals surface area (Å²) in [4.78, 5) is 23.0. The van der Waals surface area contributed by atoms with Crippen molar-refractivity contribution in [2.75, 3.05) is 5.32 Å². The third-order valence-corrected chi connectivity index (χ3v) is 4.06. The summed E-state index contributed by atoms with van der Waals surface area (Å²) < 4.78 is 0. The highest BCUT2D eigenvalue weighted by molar-refractivity contribution is 5.93. The zero-order valence-corrected chi connectivity index (χ0v) is 14.8. The zero-order valence-electron chi connectivity index (χ0n) is 14.8. The van der Waals surface area contributed by atoms with Crippen molar-refractivity contribution in [1.82, 2.24) is 0 Å². The largest absolute Gasteiger partial charge is 0.366 e. The summed E-state index contributed by atoms with van der Waals surface area (Å²) in [6.45, 7) is 0. The van der Waals surface area contributed by atoms with Gasteiger partial charge in [0.2, 0.25) is 11.8 Å². The van der Waals surface area contributed by atoms with Crippen molar-refractivity contribution < 1.29 is 9.59 Å². The van der Waals surface area contributed by atoms with E-state index in [0.717, 1.165) is 22.3 Å². The van der Waals surface area contributed by atoms with Crippen molar-refractivity contribution in [3.05, 3.63) is 96.1 Å². The summed E-state index contributed by atoms with van der Waals surface area (Å²) in [5.74, 6) is -0.575. The van der Waals surface area contributed by atoms with Crippen molar-refractivity contribution >= 4 is 23.6 Å². The second-order valence-corrected chi connectivity index (χ2v) is 6.15. The van der Waals surface area contributed by atoms with Crippen LogP contribution in [0.3, 0.4) is 0 Å². The van der Waals surface area contributed by atoms with Gasteiger partial charge in [0.1, 0.15) is 0 Å². The molecule has 2 amide bonds. The van der Waals surface area contributed by atoms with Crippen molar-refractivity contribution in [3.8, 4) is 11.1 Å². The Morgan fingerprint density at radius 1 is 0.815 bits per heavy atom. The van der Waals surface area contributed by atoms with E-state index in [1.807, 2.05) is 54.6 Å². The Hall–Kier alpha value is -3.66. The lowest BCUT2D eigenvalue weighted by Gasteiger charge is -2.07. The highest BCUT2D eigenvalue weighted by Gasteiger charge is 2.05. The molecule has 0 saturated heterocycles. The van der Waals surface area contributed by atoms with Gasteiger partial charge in [0.15, 0.2) is 0 Å². The maximum atomic E-state index is 12.3. The molecule has 0 aliphatic carbocycles. The normalized spacial score (nSPS) is 10.7. The van der Waals surface area contributed by atoms with E-state index in [4.69, 9.17) is 5.73 Å². The van der Waals surface area contributed by atoms with E-state index in [9.17, 15) is 9.59 Å². The topological polar surface area (TPSA) is 72.2 Å². The molecule has 3 rings (SSSR count). The molecule has 0 heterocycles. The molecule has 0 unspecified atom stereocenters. The minimum atomic E-state index is -0.495. The fourth-order valence-corrected chi connectivity index (χ4v) is 2.69. The van der Waals surface area contributed by atoms with Crippen molar-refractivity contribution in [3.63, 3.8) is 0 Å². The number of anilines is 1. The molecule has 3 aromatic rings. The van der Waals surface area contributed by atoms with E-state index in [1.165, 1.54) is 6.08 Å². The Labute approximate surface area is 158 Å². The van der Waals surface area contributed by atoms with Crippen LogP contribution >= 0.6 is 0 Å². The van der Waals surface area contributed by atoms with Gasteiger partial charge in [-0.1, -0.05) is 66.7 Å². The van der Waals surface area contributed by atoms with Crippen molar-refractivity contribution in [2.24, 2.45) is 5.73 Å². The highest BCUT2D eigenvalue weighted by Crippen LogP contribution is 2.19. The molecule has 0 aliphatic heterocycles. The minimum absolute atomic E-state index is 0.0807. The van der Waals surface area contributed by atoms with Gasteiger partial charge in [-0.05, 0) is 40.5 Å². The predicted octanol–water partition coefficient (Wildman–Crippen LogP) is 4.03. The number of hydrogen-bond acceptors (Lipinski definition) is 2. The van der Waals surface area contributed by atoms with Crippen LogP contribution in [0.15, 0.2) is 84.9 Å². The van der Waals surface area contributed by atoms with E-state index in [1.54, 1.807) is 18.2 Å². The Balaban J connectivity index is 1.58. The number of benzene rings is 3. The maximum absolute atomic E-state index is 12.3. The molecule has 0 fully saturated rings. The van der Waals surface area contributed by atoms with E-state index in [-0.39, 0.29) is 5.91 Å². The van der Waals surface area contributed by atoms with Gasteiger partial charge < -0.3 is 11.1 Å². The average Bonchev–Trinajstić information content (AvgIpc) is 2.68. The lowest BCUT2D eigenvalue weighted by molar-refractivity contribution is -0.115. The number of nitrogens with two attached hydrogens (primary N) is 1. The first kappa shape index (κ1) is 18.1. The molecule has 0 aliphatic rings. The Bertz CT molecular complexity index is 944. The van der Waals surface area contributed by atoms with Crippen LogP contribution in [0.5, 0.6) is 0 Å². The quantitative estimate of drug-likeness (QED) is 0.655. The van der Waals surface area contributed by atoms with Gasteiger partial charge >= 0.3 is 0 Å². The summed E-state index contributed by atoms with van der Waals surface area (Å²) in [5.41, 5.74) is 9.84. The zero-order chi connectivity index (χ0) is 19.1.